The van der Waals surface area contributed by atoms with Crippen LogP contribution < -0.4 is 5.32 Å². The van der Waals surface area contributed by atoms with Crippen LogP contribution >= 0.6 is 0 Å². The lowest BCUT2D eigenvalue weighted by molar-refractivity contribution is 0.194. The molecule has 0 radical (unpaired) electrons. The summed E-state index contributed by atoms with van der Waals surface area (Å²) in [5.41, 5.74) is 4.69. The number of fused-ring (bicyclic) bond motifs is 1. The van der Waals surface area contributed by atoms with Gasteiger partial charge in [0.05, 0.1) is 47.7 Å². The number of hydrogen-bond acceptors (Lipinski definition) is 5. The molecule has 130 valence electrons. The van der Waals surface area contributed by atoms with Crippen molar-refractivity contribution in [1.29, 1.82) is 0 Å². The van der Waals surface area contributed by atoms with Crippen molar-refractivity contribution in [3.8, 4) is 22.5 Å². The van der Waals surface area contributed by atoms with Gasteiger partial charge in [0.1, 0.15) is 0 Å². The molecular weight excluding hydrogens is 334 g/mol. The van der Waals surface area contributed by atoms with E-state index in [2.05, 4.69) is 20.5 Å². The zero-order valence-corrected chi connectivity index (χ0v) is 13.9. The van der Waals surface area contributed by atoms with Gasteiger partial charge in [-0.05, 0) is 18.2 Å². The molecule has 0 aromatic carbocycles. The van der Waals surface area contributed by atoms with Crippen LogP contribution in [0.15, 0.2) is 49.2 Å². The van der Waals surface area contributed by atoms with Crippen molar-refractivity contribution in [3.63, 3.8) is 0 Å². The molecule has 0 saturated carbocycles. The third kappa shape index (κ3) is 2.97. The van der Waals surface area contributed by atoms with Crippen LogP contribution in [0.5, 0.6) is 0 Å². The summed E-state index contributed by atoms with van der Waals surface area (Å²) < 4.78 is 3.49. The van der Waals surface area contributed by atoms with Crippen LogP contribution in [0.1, 0.15) is 5.69 Å². The molecule has 0 aliphatic rings. The largest absolute Gasteiger partial charge is 0.465 e. The highest BCUT2D eigenvalue weighted by molar-refractivity contribution is 5.78. The lowest BCUT2D eigenvalue weighted by atomic mass is 10.1. The van der Waals surface area contributed by atoms with Crippen LogP contribution in [-0.4, -0.2) is 40.6 Å². The highest BCUT2D eigenvalue weighted by atomic mass is 16.4. The Bertz CT molecular complexity index is 1080. The van der Waals surface area contributed by atoms with E-state index in [4.69, 9.17) is 10.1 Å². The molecule has 0 unspecified atom stereocenters. The Morgan fingerprint density at radius 2 is 2.04 bits per heavy atom. The van der Waals surface area contributed by atoms with Gasteiger partial charge in [0.15, 0.2) is 0 Å². The molecule has 4 heterocycles. The van der Waals surface area contributed by atoms with E-state index in [0.29, 0.717) is 5.69 Å². The van der Waals surface area contributed by atoms with Gasteiger partial charge in [-0.25, -0.2) is 14.3 Å². The monoisotopic (exact) mass is 349 g/mol. The van der Waals surface area contributed by atoms with Crippen LogP contribution in [0.25, 0.3) is 28.0 Å². The molecule has 0 spiro atoms. The highest BCUT2D eigenvalue weighted by Gasteiger charge is 2.12. The predicted molar refractivity (Wildman–Crippen MR) is 93.3 cm³/mol. The molecule has 0 bridgehead atoms. The standard InChI is InChI=1S/C17H15N7O2/c1-23-9-12(7-21-23)14-10-24-15(4-5-20-24)16(22-14)11-2-3-13(18-6-11)8-19-17(25)26/h2-7,9-10,19H,8H2,1H3,(H,25,26). The van der Waals surface area contributed by atoms with Gasteiger partial charge < -0.3 is 10.4 Å². The average molecular weight is 349 g/mol. The number of nitrogens with zero attached hydrogens (tertiary/aromatic N) is 6. The molecule has 0 atom stereocenters. The summed E-state index contributed by atoms with van der Waals surface area (Å²) in [7, 11) is 1.85. The van der Waals surface area contributed by atoms with Crippen molar-refractivity contribution < 1.29 is 9.90 Å². The second kappa shape index (κ2) is 6.28. The van der Waals surface area contributed by atoms with Gasteiger partial charge in [-0.2, -0.15) is 10.2 Å². The maximum Gasteiger partial charge on any atom is 0.404 e. The van der Waals surface area contributed by atoms with E-state index in [1.54, 1.807) is 33.9 Å². The number of carbonyl (C=O) groups is 1. The first-order chi connectivity index (χ1) is 12.6. The highest BCUT2D eigenvalue weighted by Crippen LogP contribution is 2.26. The number of amides is 1. The van der Waals surface area contributed by atoms with Crippen molar-refractivity contribution in [2.45, 2.75) is 6.54 Å². The van der Waals surface area contributed by atoms with E-state index in [-0.39, 0.29) is 6.54 Å². The summed E-state index contributed by atoms with van der Waals surface area (Å²) in [6, 6.07) is 5.53. The maximum atomic E-state index is 10.6. The van der Waals surface area contributed by atoms with Crippen molar-refractivity contribution in [3.05, 3.63) is 54.9 Å². The SMILES string of the molecule is Cn1cc(-c2cn3nccc3c(-c3ccc(CNC(=O)O)nc3)n2)cn1. The molecule has 0 aliphatic carbocycles. The Balaban J connectivity index is 1.75. The molecular formula is C17H15N7O2. The quantitative estimate of drug-likeness (QED) is 0.583. The number of carboxylic acid groups (broad SMARTS) is 1. The fourth-order valence-electron chi connectivity index (χ4n) is 2.67. The first kappa shape index (κ1) is 15.8. The number of aromatic nitrogens is 6. The zero-order valence-electron chi connectivity index (χ0n) is 13.9. The Morgan fingerprint density at radius 3 is 2.73 bits per heavy atom. The van der Waals surface area contributed by atoms with Gasteiger partial charge in [-0.15, -0.1) is 0 Å². The third-order valence-corrected chi connectivity index (χ3v) is 3.91. The fourth-order valence-corrected chi connectivity index (χ4v) is 2.67. The van der Waals surface area contributed by atoms with Gasteiger partial charge in [-0.1, -0.05) is 0 Å². The Hall–Kier alpha value is -3.75. The van der Waals surface area contributed by atoms with Crippen molar-refractivity contribution in [2.24, 2.45) is 7.05 Å². The summed E-state index contributed by atoms with van der Waals surface area (Å²) in [4.78, 5) is 19.7. The molecule has 26 heavy (non-hydrogen) atoms. The first-order valence-corrected chi connectivity index (χ1v) is 7.85. The van der Waals surface area contributed by atoms with E-state index in [1.807, 2.05) is 31.6 Å². The summed E-state index contributed by atoms with van der Waals surface area (Å²) in [6.07, 6.45) is 7.81. The van der Waals surface area contributed by atoms with E-state index >= 15 is 0 Å². The minimum absolute atomic E-state index is 0.154. The summed E-state index contributed by atoms with van der Waals surface area (Å²) >= 11 is 0. The Morgan fingerprint density at radius 1 is 1.15 bits per heavy atom. The molecule has 0 aliphatic heterocycles. The molecule has 4 aromatic heterocycles. The Labute approximate surface area is 147 Å². The second-order valence-electron chi connectivity index (χ2n) is 5.74. The zero-order chi connectivity index (χ0) is 18.1. The summed E-state index contributed by atoms with van der Waals surface area (Å²) in [5, 5.41) is 19.5. The molecule has 4 rings (SSSR count). The topological polar surface area (TPSA) is 110 Å². The maximum absolute atomic E-state index is 10.6. The smallest absolute Gasteiger partial charge is 0.404 e. The minimum Gasteiger partial charge on any atom is -0.465 e. The van der Waals surface area contributed by atoms with Crippen LogP contribution in [0, 0.1) is 0 Å². The van der Waals surface area contributed by atoms with Gasteiger partial charge in [0.25, 0.3) is 0 Å². The summed E-state index contributed by atoms with van der Waals surface area (Å²) in [5.74, 6) is 0. The molecule has 2 N–H and O–H groups in total. The lowest BCUT2D eigenvalue weighted by Crippen LogP contribution is -2.20. The van der Waals surface area contributed by atoms with E-state index in [0.717, 1.165) is 28.0 Å². The molecule has 9 heteroatoms. The van der Waals surface area contributed by atoms with Crippen LogP contribution in [-0.2, 0) is 13.6 Å². The summed E-state index contributed by atoms with van der Waals surface area (Å²) in [6.45, 7) is 0.154. The van der Waals surface area contributed by atoms with Crippen LogP contribution in [0.3, 0.4) is 0 Å². The minimum atomic E-state index is -1.08. The Kier molecular flexibility index (Phi) is 3.81. The molecule has 9 nitrogen and oxygen atoms in total. The van der Waals surface area contributed by atoms with E-state index in [1.165, 1.54) is 0 Å². The lowest BCUT2D eigenvalue weighted by Gasteiger charge is -2.07. The van der Waals surface area contributed by atoms with Gasteiger partial charge >= 0.3 is 6.09 Å². The number of hydrogen-bond donors (Lipinski definition) is 2. The van der Waals surface area contributed by atoms with Crippen molar-refractivity contribution in [2.75, 3.05) is 0 Å². The average Bonchev–Trinajstić information content (AvgIpc) is 3.28. The fraction of sp³-hybridized carbons (Fsp3) is 0.118. The number of nitrogens with one attached hydrogen (secondary N) is 1. The normalized spacial score (nSPS) is 11.0. The molecule has 0 saturated heterocycles. The number of aryl methyl sites for hydroxylation is 1. The van der Waals surface area contributed by atoms with E-state index in [9.17, 15) is 4.79 Å². The number of pyridine rings is 1. The van der Waals surface area contributed by atoms with E-state index < -0.39 is 6.09 Å². The molecule has 0 fully saturated rings. The first-order valence-electron chi connectivity index (χ1n) is 7.85. The number of rotatable bonds is 4. The van der Waals surface area contributed by atoms with Crippen molar-refractivity contribution in [1.82, 2.24) is 34.7 Å². The van der Waals surface area contributed by atoms with Gasteiger partial charge in [0, 0.05) is 30.6 Å². The molecule has 1 amide bonds. The molecule has 4 aromatic rings. The van der Waals surface area contributed by atoms with Gasteiger partial charge in [0.2, 0.25) is 0 Å². The predicted octanol–water partition coefficient (Wildman–Crippen LogP) is 1.96. The van der Waals surface area contributed by atoms with Crippen molar-refractivity contribution >= 4 is 11.6 Å². The van der Waals surface area contributed by atoms with Crippen LogP contribution in [0.4, 0.5) is 4.79 Å². The third-order valence-electron chi connectivity index (χ3n) is 3.91. The van der Waals surface area contributed by atoms with Crippen LogP contribution in [0.2, 0.25) is 0 Å². The van der Waals surface area contributed by atoms with Gasteiger partial charge in [-0.3, -0.25) is 9.67 Å². The second-order valence-corrected chi connectivity index (χ2v) is 5.74.